The first-order chi connectivity index (χ1) is 6.21. The van der Waals surface area contributed by atoms with Gasteiger partial charge in [0.05, 0.1) is 11.2 Å². The van der Waals surface area contributed by atoms with Crippen LogP contribution in [0.4, 0.5) is 13.2 Å². The highest BCUT2D eigenvalue weighted by atomic mass is 19.4. The monoisotopic (exact) mass is 204 g/mol. The molecule has 0 unspecified atom stereocenters. The molecule has 1 aromatic rings. The standard InChI is InChI=1S/C10H11F3O/c1-9(2,14)7-4-3-5-8(6-7)10(11,12)13/h3-6,14H,1-2H3. The third-order valence-corrected chi connectivity index (χ3v) is 1.90. The minimum absolute atomic E-state index is 0.257. The lowest BCUT2D eigenvalue weighted by molar-refractivity contribution is -0.137. The van der Waals surface area contributed by atoms with Gasteiger partial charge in [-0.2, -0.15) is 13.2 Å². The molecule has 1 aromatic carbocycles. The molecule has 78 valence electrons. The molecule has 4 heteroatoms. The molecule has 1 N–H and O–H groups in total. The minimum atomic E-state index is -4.36. The highest BCUT2D eigenvalue weighted by Gasteiger charge is 2.31. The number of rotatable bonds is 1. The molecule has 0 fully saturated rings. The molecular formula is C10H11F3O. The predicted octanol–water partition coefficient (Wildman–Crippen LogP) is 2.93. The van der Waals surface area contributed by atoms with Crippen LogP contribution in [0.5, 0.6) is 0 Å². The smallest absolute Gasteiger partial charge is 0.386 e. The zero-order chi connectivity index (χ0) is 11.0. The van der Waals surface area contributed by atoms with Gasteiger partial charge in [-0.05, 0) is 31.5 Å². The first-order valence-corrected chi connectivity index (χ1v) is 4.11. The third kappa shape index (κ3) is 2.48. The summed E-state index contributed by atoms with van der Waals surface area (Å²) < 4.78 is 36.8. The average Bonchev–Trinajstić information content (AvgIpc) is 2.01. The van der Waals surface area contributed by atoms with E-state index in [1.807, 2.05) is 0 Å². The van der Waals surface area contributed by atoms with Gasteiger partial charge >= 0.3 is 6.18 Å². The fourth-order valence-electron chi connectivity index (χ4n) is 1.08. The summed E-state index contributed by atoms with van der Waals surface area (Å²) in [5.41, 5.74) is -1.73. The van der Waals surface area contributed by atoms with Gasteiger partial charge in [-0.1, -0.05) is 12.1 Å². The van der Waals surface area contributed by atoms with Crippen LogP contribution in [-0.2, 0) is 11.8 Å². The van der Waals surface area contributed by atoms with Crippen LogP contribution in [0, 0.1) is 0 Å². The Balaban J connectivity index is 3.15. The number of halogens is 3. The fourth-order valence-corrected chi connectivity index (χ4v) is 1.08. The van der Waals surface area contributed by atoms with Gasteiger partial charge in [-0.3, -0.25) is 0 Å². The van der Waals surface area contributed by atoms with Crippen LogP contribution < -0.4 is 0 Å². The van der Waals surface area contributed by atoms with Crippen molar-refractivity contribution in [2.24, 2.45) is 0 Å². The van der Waals surface area contributed by atoms with Gasteiger partial charge in [0.15, 0.2) is 0 Å². The van der Waals surface area contributed by atoms with E-state index in [1.54, 1.807) is 0 Å². The van der Waals surface area contributed by atoms with Gasteiger partial charge in [0.2, 0.25) is 0 Å². The van der Waals surface area contributed by atoms with Crippen molar-refractivity contribution in [3.05, 3.63) is 35.4 Å². The maximum atomic E-state index is 12.3. The van der Waals surface area contributed by atoms with Crippen molar-refractivity contribution in [2.45, 2.75) is 25.6 Å². The molecule has 1 nitrogen and oxygen atoms in total. The summed E-state index contributed by atoms with van der Waals surface area (Å²) >= 11 is 0. The zero-order valence-corrected chi connectivity index (χ0v) is 7.89. The minimum Gasteiger partial charge on any atom is -0.386 e. The predicted molar refractivity (Wildman–Crippen MR) is 46.7 cm³/mol. The first kappa shape index (κ1) is 11.0. The average molecular weight is 204 g/mol. The van der Waals surface area contributed by atoms with Crippen molar-refractivity contribution in [1.82, 2.24) is 0 Å². The van der Waals surface area contributed by atoms with Crippen LogP contribution in [0.15, 0.2) is 24.3 Å². The molecule has 0 aliphatic heterocycles. The Hall–Kier alpha value is -1.03. The van der Waals surface area contributed by atoms with E-state index in [2.05, 4.69) is 0 Å². The summed E-state index contributed by atoms with van der Waals surface area (Å²) in [6.45, 7) is 2.89. The molecule has 14 heavy (non-hydrogen) atoms. The second-order valence-corrected chi connectivity index (χ2v) is 3.64. The Bertz CT molecular complexity index is 294. The summed E-state index contributed by atoms with van der Waals surface area (Å²) in [6.07, 6.45) is -4.36. The van der Waals surface area contributed by atoms with E-state index >= 15 is 0 Å². The zero-order valence-electron chi connectivity index (χ0n) is 7.89. The molecule has 0 aliphatic carbocycles. The van der Waals surface area contributed by atoms with E-state index in [0.717, 1.165) is 12.1 Å². The summed E-state index contributed by atoms with van der Waals surface area (Å²) in [7, 11) is 0. The summed E-state index contributed by atoms with van der Waals surface area (Å²) in [4.78, 5) is 0. The van der Waals surface area contributed by atoms with E-state index in [9.17, 15) is 18.3 Å². The maximum Gasteiger partial charge on any atom is 0.416 e. The van der Waals surface area contributed by atoms with Gasteiger partial charge in [0, 0.05) is 0 Å². The molecule has 0 saturated carbocycles. The molecular weight excluding hydrogens is 193 g/mol. The van der Waals surface area contributed by atoms with Crippen molar-refractivity contribution in [1.29, 1.82) is 0 Å². The SMILES string of the molecule is CC(C)(O)c1cccc(C(F)(F)F)c1. The Labute approximate surface area is 80.2 Å². The molecule has 0 spiro atoms. The quantitative estimate of drug-likeness (QED) is 0.745. The van der Waals surface area contributed by atoms with Crippen LogP contribution in [-0.4, -0.2) is 5.11 Å². The van der Waals surface area contributed by atoms with Crippen LogP contribution in [0.2, 0.25) is 0 Å². The number of alkyl halides is 3. The molecule has 1 rings (SSSR count). The fraction of sp³-hybridized carbons (Fsp3) is 0.400. The molecule has 0 heterocycles. The van der Waals surface area contributed by atoms with Gasteiger partial charge in [-0.25, -0.2) is 0 Å². The molecule has 0 amide bonds. The maximum absolute atomic E-state index is 12.3. The van der Waals surface area contributed by atoms with Crippen molar-refractivity contribution in [3.8, 4) is 0 Å². The summed E-state index contributed by atoms with van der Waals surface area (Å²) in [5, 5.41) is 9.51. The number of benzene rings is 1. The Morgan fingerprint density at radius 1 is 1.07 bits per heavy atom. The topological polar surface area (TPSA) is 20.2 Å². The number of hydrogen-bond donors (Lipinski definition) is 1. The Morgan fingerprint density at radius 2 is 1.57 bits per heavy atom. The summed E-state index contributed by atoms with van der Waals surface area (Å²) in [5.74, 6) is 0. The second-order valence-electron chi connectivity index (χ2n) is 3.64. The second kappa shape index (κ2) is 3.28. The van der Waals surface area contributed by atoms with Gasteiger partial charge in [0.25, 0.3) is 0 Å². The van der Waals surface area contributed by atoms with Crippen LogP contribution in [0.1, 0.15) is 25.0 Å². The van der Waals surface area contributed by atoms with Crippen molar-refractivity contribution < 1.29 is 18.3 Å². The largest absolute Gasteiger partial charge is 0.416 e. The lowest BCUT2D eigenvalue weighted by Crippen LogP contribution is -2.16. The molecule has 0 aliphatic rings. The van der Waals surface area contributed by atoms with Crippen LogP contribution >= 0.6 is 0 Å². The normalized spacial score (nSPS) is 13.0. The third-order valence-electron chi connectivity index (χ3n) is 1.90. The lowest BCUT2D eigenvalue weighted by Gasteiger charge is -2.19. The van der Waals surface area contributed by atoms with E-state index in [0.29, 0.717) is 0 Å². The van der Waals surface area contributed by atoms with Crippen LogP contribution in [0.25, 0.3) is 0 Å². The van der Waals surface area contributed by atoms with E-state index < -0.39 is 17.3 Å². The van der Waals surface area contributed by atoms with Crippen molar-refractivity contribution in [2.75, 3.05) is 0 Å². The van der Waals surface area contributed by atoms with Crippen LogP contribution in [0.3, 0.4) is 0 Å². The molecule has 0 atom stereocenters. The molecule has 0 bridgehead atoms. The molecule has 0 aromatic heterocycles. The van der Waals surface area contributed by atoms with Gasteiger partial charge in [0.1, 0.15) is 0 Å². The highest BCUT2D eigenvalue weighted by molar-refractivity contribution is 5.28. The van der Waals surface area contributed by atoms with E-state index in [4.69, 9.17) is 0 Å². The molecule has 0 radical (unpaired) electrons. The van der Waals surface area contributed by atoms with Gasteiger partial charge in [-0.15, -0.1) is 0 Å². The molecule has 0 saturated heterocycles. The highest BCUT2D eigenvalue weighted by Crippen LogP contribution is 2.31. The Kier molecular flexibility index (Phi) is 2.58. The number of hydrogen-bond acceptors (Lipinski definition) is 1. The first-order valence-electron chi connectivity index (χ1n) is 4.11. The summed E-state index contributed by atoms with van der Waals surface area (Å²) in [6, 6.07) is 4.70. The van der Waals surface area contributed by atoms with E-state index in [1.165, 1.54) is 26.0 Å². The van der Waals surface area contributed by atoms with E-state index in [-0.39, 0.29) is 5.56 Å². The Morgan fingerprint density at radius 3 is 2.00 bits per heavy atom. The van der Waals surface area contributed by atoms with Crippen molar-refractivity contribution >= 4 is 0 Å². The lowest BCUT2D eigenvalue weighted by atomic mass is 9.96. The number of aliphatic hydroxyl groups is 1. The van der Waals surface area contributed by atoms with Gasteiger partial charge < -0.3 is 5.11 Å². The van der Waals surface area contributed by atoms with Crippen molar-refractivity contribution in [3.63, 3.8) is 0 Å².